The van der Waals surface area contributed by atoms with E-state index in [0.29, 0.717) is 5.69 Å². The molecule has 2 aromatic heterocycles. The molecule has 1 aliphatic carbocycles. The summed E-state index contributed by atoms with van der Waals surface area (Å²) < 4.78 is 44.3. The average molecular weight is 508 g/mol. The number of benzene rings is 1. The van der Waals surface area contributed by atoms with E-state index < -0.39 is 54.3 Å². The van der Waals surface area contributed by atoms with E-state index >= 15 is 0 Å². The Labute approximate surface area is 200 Å². The zero-order valence-electron chi connectivity index (χ0n) is 18.1. The normalized spacial score (nSPS) is 15.8. The molecule has 0 unspecified atom stereocenters. The predicted molar refractivity (Wildman–Crippen MR) is 119 cm³/mol. The zero-order chi connectivity index (χ0) is 25.5. The van der Waals surface area contributed by atoms with Crippen LogP contribution < -0.4 is 21.7 Å². The third-order valence-corrected chi connectivity index (χ3v) is 6.42. The second-order valence-corrected chi connectivity index (χ2v) is 8.95. The first-order valence-electron chi connectivity index (χ1n) is 10.3. The minimum atomic E-state index is -2.81. The minimum Gasteiger partial charge on any atom is -0.382 e. The summed E-state index contributed by atoms with van der Waals surface area (Å²) in [6.07, 6.45) is -0.951. The molecule has 5 N–H and O–H groups in total. The summed E-state index contributed by atoms with van der Waals surface area (Å²) in [5, 5.41) is 6.05. The summed E-state index contributed by atoms with van der Waals surface area (Å²) in [5.74, 6) is -6.01. The molecule has 1 fully saturated rings. The van der Waals surface area contributed by atoms with Crippen molar-refractivity contribution in [1.29, 1.82) is 0 Å². The number of primary amides is 1. The van der Waals surface area contributed by atoms with Crippen LogP contribution in [0.4, 0.5) is 29.8 Å². The molecule has 0 spiro atoms. The van der Waals surface area contributed by atoms with Gasteiger partial charge in [0.15, 0.2) is 10.8 Å². The van der Waals surface area contributed by atoms with Gasteiger partial charge in [0.05, 0.1) is 0 Å². The number of amides is 2. The molecule has 35 heavy (non-hydrogen) atoms. The minimum absolute atomic E-state index is 0.0643. The van der Waals surface area contributed by atoms with Crippen LogP contribution in [0.3, 0.4) is 0 Å². The summed E-state index contributed by atoms with van der Waals surface area (Å²) in [6, 6.07) is 4.64. The topological polar surface area (TPSA) is 157 Å². The molecule has 4 rings (SSSR count). The molecule has 1 atom stereocenters. The molecule has 3 aromatic rings. The summed E-state index contributed by atoms with van der Waals surface area (Å²) in [7, 11) is 0. The van der Waals surface area contributed by atoms with Crippen LogP contribution in [0.25, 0.3) is 0 Å². The number of nitrogens with two attached hydrogens (primary N) is 2. The number of thiazole rings is 1. The van der Waals surface area contributed by atoms with Crippen molar-refractivity contribution in [2.45, 2.75) is 37.8 Å². The number of hydrogen-bond acceptors (Lipinski definition) is 9. The Balaban J connectivity index is 1.56. The molecule has 184 valence electrons. The Morgan fingerprint density at radius 2 is 1.91 bits per heavy atom. The number of carbonyl (C=O) groups is 3. The molecular weight excluding hydrogens is 489 g/mol. The van der Waals surface area contributed by atoms with Gasteiger partial charge in [0.25, 0.3) is 11.8 Å². The SMILES string of the molecule is C[C@@H](C(N)=O)N(c1ccc(F)cc1)c1nc(N)c(C(=O)c2cc(C(=O)NC3CC(F)(F)C3)no2)s1. The maximum absolute atomic E-state index is 13.4. The maximum atomic E-state index is 13.4. The predicted octanol–water partition coefficient (Wildman–Crippen LogP) is 2.62. The summed E-state index contributed by atoms with van der Waals surface area (Å²) >= 11 is 0.823. The van der Waals surface area contributed by atoms with Crippen molar-refractivity contribution < 1.29 is 32.1 Å². The van der Waals surface area contributed by atoms with Crippen LogP contribution in [0.15, 0.2) is 34.9 Å². The third-order valence-electron chi connectivity index (χ3n) is 5.35. The number of hydrogen-bond donors (Lipinski definition) is 3. The second-order valence-electron chi connectivity index (χ2n) is 7.98. The number of nitrogens with zero attached hydrogens (tertiary/aromatic N) is 3. The molecule has 0 radical (unpaired) electrons. The fourth-order valence-electron chi connectivity index (χ4n) is 3.44. The standard InChI is InChI=1S/C21H19F3N6O4S/c1-9(18(26)32)30(12-4-2-10(22)3-5-12)20-28-17(25)16(35-20)15(31)14-6-13(29-34-14)19(33)27-11-7-21(23,24)8-11/h2-6,9,11H,7-8,25H2,1H3,(H2,26,32)(H,27,33)/t9-/m0/s1. The van der Waals surface area contributed by atoms with Crippen molar-refractivity contribution in [2.75, 3.05) is 10.6 Å². The van der Waals surface area contributed by atoms with E-state index in [1.807, 2.05) is 0 Å². The van der Waals surface area contributed by atoms with Crippen LogP contribution in [0, 0.1) is 5.82 Å². The number of anilines is 3. The number of alkyl halides is 2. The smallest absolute Gasteiger partial charge is 0.273 e. The van der Waals surface area contributed by atoms with Crippen molar-refractivity contribution in [3.8, 4) is 0 Å². The Hall–Kier alpha value is -3.94. The number of halogens is 3. The van der Waals surface area contributed by atoms with Gasteiger partial charge in [0, 0.05) is 30.6 Å². The van der Waals surface area contributed by atoms with Gasteiger partial charge in [-0.3, -0.25) is 14.4 Å². The third kappa shape index (κ3) is 4.96. The van der Waals surface area contributed by atoms with Crippen molar-refractivity contribution in [2.24, 2.45) is 5.73 Å². The molecule has 0 saturated heterocycles. The van der Waals surface area contributed by atoms with E-state index in [0.717, 1.165) is 17.4 Å². The first-order valence-corrected chi connectivity index (χ1v) is 11.1. The van der Waals surface area contributed by atoms with E-state index in [1.165, 1.54) is 36.1 Å². The monoisotopic (exact) mass is 508 g/mol. The van der Waals surface area contributed by atoms with E-state index in [9.17, 15) is 27.6 Å². The highest BCUT2D eigenvalue weighted by atomic mass is 32.1. The van der Waals surface area contributed by atoms with Crippen LogP contribution in [-0.4, -0.2) is 45.7 Å². The molecule has 1 aromatic carbocycles. The van der Waals surface area contributed by atoms with Gasteiger partial charge in [-0.05, 0) is 31.2 Å². The van der Waals surface area contributed by atoms with Crippen LogP contribution >= 0.6 is 11.3 Å². The zero-order valence-corrected chi connectivity index (χ0v) is 18.9. The molecule has 1 aliphatic rings. The highest BCUT2D eigenvalue weighted by molar-refractivity contribution is 7.18. The van der Waals surface area contributed by atoms with Gasteiger partial charge < -0.3 is 26.2 Å². The lowest BCUT2D eigenvalue weighted by Gasteiger charge is -2.34. The molecular formula is C21H19F3N6O4S. The van der Waals surface area contributed by atoms with Gasteiger partial charge in [-0.2, -0.15) is 0 Å². The first kappa shape index (κ1) is 24.2. The van der Waals surface area contributed by atoms with E-state index in [1.54, 1.807) is 0 Å². The molecule has 0 bridgehead atoms. The fraction of sp³-hybridized carbons (Fsp3) is 0.286. The van der Waals surface area contributed by atoms with Crippen LogP contribution in [0.5, 0.6) is 0 Å². The largest absolute Gasteiger partial charge is 0.382 e. The van der Waals surface area contributed by atoms with Crippen molar-refractivity contribution in [3.05, 3.63) is 52.5 Å². The van der Waals surface area contributed by atoms with Crippen molar-refractivity contribution >= 4 is 45.6 Å². The molecule has 10 nitrogen and oxygen atoms in total. The van der Waals surface area contributed by atoms with Gasteiger partial charge in [0.1, 0.15) is 22.6 Å². The second kappa shape index (κ2) is 9.02. The summed E-state index contributed by atoms with van der Waals surface area (Å²) in [5.41, 5.74) is 11.5. The lowest BCUT2D eigenvalue weighted by atomic mass is 9.88. The molecule has 0 aliphatic heterocycles. The van der Waals surface area contributed by atoms with Crippen LogP contribution in [0.1, 0.15) is 45.7 Å². The van der Waals surface area contributed by atoms with E-state index in [-0.39, 0.29) is 27.3 Å². The van der Waals surface area contributed by atoms with Crippen molar-refractivity contribution in [3.63, 3.8) is 0 Å². The fourth-order valence-corrected chi connectivity index (χ4v) is 4.47. The number of nitrogens with one attached hydrogen (secondary N) is 1. The first-order chi connectivity index (χ1) is 16.4. The van der Waals surface area contributed by atoms with E-state index in [2.05, 4.69) is 15.5 Å². The highest BCUT2D eigenvalue weighted by Crippen LogP contribution is 2.38. The van der Waals surface area contributed by atoms with Crippen LogP contribution in [0.2, 0.25) is 0 Å². The number of ketones is 1. The Bertz CT molecular complexity index is 1280. The highest BCUT2D eigenvalue weighted by Gasteiger charge is 2.46. The lowest BCUT2D eigenvalue weighted by Crippen LogP contribution is -2.50. The Morgan fingerprint density at radius 3 is 2.51 bits per heavy atom. The molecule has 2 heterocycles. The van der Waals surface area contributed by atoms with Gasteiger partial charge in [-0.25, -0.2) is 18.2 Å². The number of nitrogen functional groups attached to an aromatic ring is 1. The lowest BCUT2D eigenvalue weighted by molar-refractivity contribution is -0.118. The Kier molecular flexibility index (Phi) is 6.23. The van der Waals surface area contributed by atoms with E-state index in [4.69, 9.17) is 16.0 Å². The van der Waals surface area contributed by atoms with Gasteiger partial charge >= 0.3 is 0 Å². The van der Waals surface area contributed by atoms with Gasteiger partial charge in [-0.1, -0.05) is 16.5 Å². The molecule has 1 saturated carbocycles. The number of aromatic nitrogens is 2. The van der Waals surface area contributed by atoms with Crippen molar-refractivity contribution in [1.82, 2.24) is 15.5 Å². The molecule has 2 amide bonds. The maximum Gasteiger partial charge on any atom is 0.273 e. The summed E-state index contributed by atoms with van der Waals surface area (Å²) in [6.45, 7) is 1.50. The quantitative estimate of drug-likeness (QED) is 0.392. The van der Waals surface area contributed by atoms with Gasteiger partial charge in [-0.15, -0.1) is 0 Å². The average Bonchev–Trinajstić information content (AvgIpc) is 3.41. The number of carbonyl (C=O) groups excluding carboxylic acids is 3. The van der Waals surface area contributed by atoms with Crippen LogP contribution in [-0.2, 0) is 4.79 Å². The summed E-state index contributed by atoms with van der Waals surface area (Å²) in [4.78, 5) is 42.6. The number of rotatable bonds is 8. The van der Waals surface area contributed by atoms with Gasteiger partial charge in [0.2, 0.25) is 17.5 Å². The molecule has 14 heteroatoms. The Morgan fingerprint density at radius 1 is 1.26 bits per heavy atom.